The second-order valence-corrected chi connectivity index (χ2v) is 18.9. The molecule has 3 spiro atoms. The summed E-state index contributed by atoms with van der Waals surface area (Å²) in [5.74, 6) is -4.11. The fraction of sp³-hybridized carbons (Fsp3) is 0.841. The van der Waals surface area contributed by atoms with Crippen LogP contribution < -0.4 is 34.7 Å². The number of carboxylic acids is 1. The van der Waals surface area contributed by atoms with Crippen molar-refractivity contribution in [3.05, 3.63) is 36.0 Å². The average Bonchev–Trinajstić information content (AvgIpc) is 3.56. The van der Waals surface area contributed by atoms with Gasteiger partial charge in [0.25, 0.3) is 0 Å². The van der Waals surface area contributed by atoms with Gasteiger partial charge in [-0.3, -0.25) is 0 Å². The molecule has 13 nitrogen and oxygen atoms in total. The predicted molar refractivity (Wildman–Crippen MR) is 205 cm³/mol. The first-order chi connectivity index (χ1) is 26.9. The van der Waals surface area contributed by atoms with Gasteiger partial charge >= 0.3 is 29.6 Å². The molecule has 17 atom stereocenters. The summed E-state index contributed by atoms with van der Waals surface area (Å²) < 4.78 is 45.2. The normalized spacial score (nSPS) is 44.6. The van der Waals surface area contributed by atoms with Gasteiger partial charge in [0.2, 0.25) is 5.79 Å². The van der Waals surface area contributed by atoms with Crippen molar-refractivity contribution in [2.75, 3.05) is 6.61 Å². The molecular weight excluding hydrogens is 759 g/mol. The Kier molecular flexibility index (Phi) is 14.9. The third-order valence-corrected chi connectivity index (χ3v) is 14.0. The maximum atomic E-state index is 11.5. The molecular formula is C44H67NaO13. The summed E-state index contributed by atoms with van der Waals surface area (Å²) in [6.07, 6.45) is 9.10. The van der Waals surface area contributed by atoms with E-state index < -0.39 is 71.7 Å². The van der Waals surface area contributed by atoms with E-state index in [9.17, 15) is 30.3 Å². The maximum Gasteiger partial charge on any atom is 1.00 e. The summed E-state index contributed by atoms with van der Waals surface area (Å²) in [6.45, 7) is 14.4. The second kappa shape index (κ2) is 18.5. The molecule has 4 N–H and O–H groups in total. The van der Waals surface area contributed by atoms with Gasteiger partial charge in [0, 0.05) is 38.0 Å². The van der Waals surface area contributed by atoms with Gasteiger partial charge in [0.05, 0.1) is 49.2 Å². The van der Waals surface area contributed by atoms with Crippen LogP contribution in [0, 0.1) is 17.8 Å². The van der Waals surface area contributed by atoms with Crippen LogP contribution in [-0.4, -0.2) is 117 Å². The number of aliphatic carboxylic acids is 1. The first-order valence-electron chi connectivity index (χ1n) is 21.6. The Hall–Kier alpha value is -0.750. The van der Waals surface area contributed by atoms with Crippen molar-refractivity contribution in [2.24, 2.45) is 17.8 Å². The van der Waals surface area contributed by atoms with E-state index in [0.29, 0.717) is 56.4 Å². The van der Waals surface area contributed by atoms with E-state index in [1.165, 1.54) is 6.92 Å². The van der Waals surface area contributed by atoms with Crippen LogP contribution in [0.5, 0.6) is 0 Å². The zero-order chi connectivity index (χ0) is 40.9. The molecule has 6 fully saturated rings. The van der Waals surface area contributed by atoms with Gasteiger partial charge in [-0.2, -0.15) is 0 Å². The number of carbonyl (C=O) groups excluding carboxylic acids is 1. The van der Waals surface area contributed by atoms with E-state index in [1.54, 1.807) is 6.08 Å². The quantitative estimate of drug-likeness (QED) is 0.180. The van der Waals surface area contributed by atoms with Gasteiger partial charge in [0.1, 0.15) is 30.0 Å². The van der Waals surface area contributed by atoms with Crippen molar-refractivity contribution >= 4 is 5.97 Å². The Labute approximate surface area is 366 Å². The van der Waals surface area contributed by atoms with Crippen molar-refractivity contribution < 1.29 is 93.0 Å². The van der Waals surface area contributed by atoms with Crippen molar-refractivity contribution in [3.63, 3.8) is 0 Å². The Morgan fingerprint density at radius 1 is 1.02 bits per heavy atom. The van der Waals surface area contributed by atoms with Gasteiger partial charge in [-0.25, -0.2) is 0 Å². The smallest absolute Gasteiger partial charge is 0.547 e. The van der Waals surface area contributed by atoms with Gasteiger partial charge < -0.3 is 63.5 Å². The molecule has 0 aliphatic carbocycles. The molecule has 6 saturated heterocycles. The van der Waals surface area contributed by atoms with Crippen molar-refractivity contribution in [1.29, 1.82) is 0 Å². The number of hydrogen-bond acceptors (Lipinski definition) is 13. The second-order valence-electron chi connectivity index (χ2n) is 18.9. The fourth-order valence-electron chi connectivity index (χ4n) is 10.5. The molecule has 7 heterocycles. The minimum absolute atomic E-state index is 0. The summed E-state index contributed by atoms with van der Waals surface area (Å²) in [7, 11) is 0. The van der Waals surface area contributed by atoms with Crippen LogP contribution in [0.1, 0.15) is 125 Å². The Balaban J connectivity index is 0.00000567. The van der Waals surface area contributed by atoms with Gasteiger partial charge in [-0.15, -0.1) is 0 Å². The number of carboxylic acid groups (broad SMARTS) is 1. The first kappa shape index (κ1) is 46.7. The minimum Gasteiger partial charge on any atom is -0.547 e. The first-order valence-corrected chi connectivity index (χ1v) is 21.6. The van der Waals surface area contributed by atoms with Gasteiger partial charge in [-0.05, 0) is 95.1 Å². The van der Waals surface area contributed by atoms with Crippen molar-refractivity contribution in [3.8, 4) is 0 Å². The number of fused-ring (bicyclic) bond motifs is 1. The minimum atomic E-state index is -2.07. The molecule has 0 aromatic carbocycles. The van der Waals surface area contributed by atoms with Crippen LogP contribution in [0.2, 0.25) is 0 Å². The van der Waals surface area contributed by atoms with Crippen LogP contribution in [0.25, 0.3) is 0 Å². The topological polar surface area (TPSA) is 186 Å². The molecule has 58 heavy (non-hydrogen) atoms. The van der Waals surface area contributed by atoms with E-state index in [1.807, 2.05) is 26.0 Å². The van der Waals surface area contributed by atoms with Crippen LogP contribution in [0.3, 0.4) is 0 Å². The molecule has 0 bridgehead atoms. The zero-order valence-electron chi connectivity index (χ0n) is 35.5. The van der Waals surface area contributed by atoms with Crippen LogP contribution in [-0.2, 0) is 38.0 Å². The monoisotopic (exact) mass is 826 g/mol. The van der Waals surface area contributed by atoms with E-state index in [4.69, 9.17) is 33.2 Å². The van der Waals surface area contributed by atoms with Gasteiger partial charge in [0.15, 0.2) is 11.6 Å². The number of ether oxygens (including phenoxy) is 7. The van der Waals surface area contributed by atoms with E-state index in [0.717, 1.165) is 50.7 Å². The molecule has 14 heteroatoms. The van der Waals surface area contributed by atoms with E-state index in [-0.39, 0.29) is 66.1 Å². The third-order valence-electron chi connectivity index (χ3n) is 14.0. The molecule has 7 rings (SSSR count). The average molecular weight is 827 g/mol. The van der Waals surface area contributed by atoms with E-state index in [2.05, 4.69) is 20.4 Å². The molecule has 0 saturated carbocycles. The number of hydrogen-bond donors (Lipinski definition) is 4. The number of aliphatic hydroxyl groups excluding tert-OH is 3. The van der Waals surface area contributed by atoms with Crippen LogP contribution in [0.4, 0.5) is 0 Å². The van der Waals surface area contributed by atoms with Crippen LogP contribution in [0.15, 0.2) is 36.0 Å². The predicted octanol–water partition coefficient (Wildman–Crippen LogP) is 0.883. The number of rotatable bonds is 10. The Bertz CT molecular complexity index is 1510. The Morgan fingerprint density at radius 3 is 2.48 bits per heavy atom. The summed E-state index contributed by atoms with van der Waals surface area (Å²) in [5.41, 5.74) is -0.677. The van der Waals surface area contributed by atoms with Crippen molar-refractivity contribution in [2.45, 2.75) is 209 Å². The molecule has 0 aromatic heterocycles. The summed E-state index contributed by atoms with van der Waals surface area (Å²) in [6, 6.07) is 0. The molecule has 7 aliphatic rings. The molecule has 7 aliphatic heterocycles. The maximum absolute atomic E-state index is 11.5. The molecule has 322 valence electrons. The molecule has 0 aromatic rings. The fourth-order valence-corrected chi connectivity index (χ4v) is 10.5. The largest absolute Gasteiger partial charge is 1.00 e. The van der Waals surface area contributed by atoms with E-state index >= 15 is 0 Å². The SMILES string of the molecule is C=C1[C@@H](O)[C@@H]2O[C@]3(CC[C@H](/C=C/[C@@H](C)[C@H]4CC(C)=C[C@@]5(O[C@H](C[C@@](C)(O)C(=O)[O-])CCC5O)O4)O3)CC[C@H]2O[C@H]1[C@@H](O)C[C@H](C)[C@H]1O[C@@]2(CCCCO2)CC[C@H]1C.[Na+]. The number of aliphatic hydroxyl groups is 4. The van der Waals surface area contributed by atoms with Crippen molar-refractivity contribution in [1.82, 2.24) is 0 Å². The zero-order valence-corrected chi connectivity index (χ0v) is 37.5. The Morgan fingerprint density at radius 2 is 1.76 bits per heavy atom. The summed E-state index contributed by atoms with van der Waals surface area (Å²) in [5, 5.41) is 56.0. The standard InChI is InChI=1S/C44H68O13.Na/c1-25-21-34(55-44(23-25)35(46)12-11-31(54-44)24-41(6,50)40(48)49)26(2)9-10-30-14-18-43(53-30)19-15-33-39(57-43)36(47)29(5)38(52-33)32(45)22-28(4)37-27(3)13-17-42(56-37)16-7-8-20-51-42;/h9-10,23,26-28,30-39,45-47,50H,5,7-8,11-22,24H2,1-4,6H3,(H,48,49);/q;+1/p-1/b10-9+;/t26-,27-,28+,30+,31+,32+,33-,34-,35?,36-,37+,38-,39-,41-,42+,43-,44-;/m1./s1. The van der Waals surface area contributed by atoms with Crippen LogP contribution >= 0.6 is 0 Å². The van der Waals surface area contributed by atoms with Gasteiger partial charge in [-0.1, -0.05) is 45.1 Å². The molecule has 1 unspecified atom stereocenters. The summed E-state index contributed by atoms with van der Waals surface area (Å²) in [4.78, 5) is 11.5. The molecule has 0 radical (unpaired) electrons. The molecule has 0 amide bonds. The third kappa shape index (κ3) is 9.89. The summed E-state index contributed by atoms with van der Waals surface area (Å²) >= 11 is 0. The number of carbonyl (C=O) groups is 1.